The number of nitrogens with zero attached hydrogens (tertiary/aromatic N) is 1. The fraction of sp³-hybridized carbons (Fsp3) is 0.0526. The first-order valence-electron chi connectivity index (χ1n) is 7.63. The Morgan fingerprint density at radius 3 is 2.76 bits per heavy atom. The van der Waals surface area contributed by atoms with Gasteiger partial charge in [-0.2, -0.15) is 0 Å². The van der Waals surface area contributed by atoms with Crippen LogP contribution in [-0.2, 0) is 0 Å². The molecule has 0 aliphatic heterocycles. The summed E-state index contributed by atoms with van der Waals surface area (Å²) in [7, 11) is 1.60. The van der Waals surface area contributed by atoms with Gasteiger partial charge in [-0.3, -0.25) is 0 Å². The first-order chi connectivity index (χ1) is 12.2. The van der Waals surface area contributed by atoms with E-state index in [1.807, 2.05) is 41.8 Å². The molecule has 6 heteroatoms. The SMILES string of the molecule is COc1ccc2oc(=O)c(-c3csc(Nc4ccccc4)n3)cc2c1. The highest BCUT2D eigenvalue weighted by Crippen LogP contribution is 2.28. The van der Waals surface area contributed by atoms with Crippen LogP contribution in [-0.4, -0.2) is 12.1 Å². The molecule has 0 radical (unpaired) electrons. The van der Waals surface area contributed by atoms with Gasteiger partial charge in [-0.1, -0.05) is 18.2 Å². The normalized spacial score (nSPS) is 10.8. The molecule has 0 fully saturated rings. The molecule has 4 rings (SSSR count). The van der Waals surface area contributed by atoms with E-state index in [1.165, 1.54) is 11.3 Å². The van der Waals surface area contributed by atoms with Gasteiger partial charge in [0.15, 0.2) is 5.13 Å². The lowest BCUT2D eigenvalue weighted by Gasteiger charge is -2.03. The van der Waals surface area contributed by atoms with Gasteiger partial charge in [0.1, 0.15) is 11.3 Å². The monoisotopic (exact) mass is 350 g/mol. The molecule has 2 aromatic heterocycles. The predicted octanol–water partition coefficient (Wildman–Crippen LogP) is 4.67. The molecule has 1 N–H and O–H groups in total. The third-order valence-electron chi connectivity index (χ3n) is 3.74. The van der Waals surface area contributed by atoms with Crippen molar-refractivity contribution in [1.82, 2.24) is 4.98 Å². The van der Waals surface area contributed by atoms with Crippen molar-refractivity contribution in [3.8, 4) is 17.0 Å². The molecule has 0 saturated heterocycles. The Bertz CT molecular complexity index is 1090. The van der Waals surface area contributed by atoms with E-state index < -0.39 is 5.63 Å². The zero-order valence-electron chi connectivity index (χ0n) is 13.4. The lowest BCUT2D eigenvalue weighted by molar-refractivity contribution is 0.415. The Kier molecular flexibility index (Phi) is 3.95. The van der Waals surface area contributed by atoms with E-state index in [0.29, 0.717) is 27.7 Å². The van der Waals surface area contributed by atoms with E-state index in [1.54, 1.807) is 25.3 Å². The van der Waals surface area contributed by atoms with E-state index in [0.717, 1.165) is 11.1 Å². The average molecular weight is 350 g/mol. The molecule has 0 aliphatic carbocycles. The maximum absolute atomic E-state index is 12.3. The Hall–Kier alpha value is -3.12. The number of fused-ring (bicyclic) bond motifs is 1. The molecule has 4 aromatic rings. The van der Waals surface area contributed by atoms with Gasteiger partial charge in [-0.05, 0) is 36.4 Å². The summed E-state index contributed by atoms with van der Waals surface area (Å²) in [6.07, 6.45) is 0. The third-order valence-corrected chi connectivity index (χ3v) is 4.50. The van der Waals surface area contributed by atoms with Crippen LogP contribution in [0.25, 0.3) is 22.2 Å². The number of ether oxygens (including phenoxy) is 1. The Morgan fingerprint density at radius 2 is 1.96 bits per heavy atom. The van der Waals surface area contributed by atoms with Crippen molar-refractivity contribution in [3.63, 3.8) is 0 Å². The number of benzene rings is 2. The summed E-state index contributed by atoms with van der Waals surface area (Å²) in [5.41, 5.74) is 2.07. The van der Waals surface area contributed by atoms with Crippen LogP contribution in [0.2, 0.25) is 0 Å². The Morgan fingerprint density at radius 1 is 1.12 bits per heavy atom. The molecule has 5 nitrogen and oxygen atoms in total. The average Bonchev–Trinajstić information content (AvgIpc) is 3.10. The molecule has 25 heavy (non-hydrogen) atoms. The first-order valence-corrected chi connectivity index (χ1v) is 8.51. The van der Waals surface area contributed by atoms with Crippen LogP contribution < -0.4 is 15.7 Å². The number of thiazole rings is 1. The molecule has 0 amide bonds. The minimum Gasteiger partial charge on any atom is -0.497 e. The van der Waals surface area contributed by atoms with Gasteiger partial charge < -0.3 is 14.5 Å². The number of methoxy groups -OCH3 is 1. The van der Waals surface area contributed by atoms with Gasteiger partial charge in [-0.15, -0.1) is 11.3 Å². The fourth-order valence-electron chi connectivity index (χ4n) is 2.51. The van der Waals surface area contributed by atoms with Crippen molar-refractivity contribution in [2.45, 2.75) is 0 Å². The topological polar surface area (TPSA) is 64.4 Å². The molecular weight excluding hydrogens is 336 g/mol. The van der Waals surface area contributed by atoms with E-state index >= 15 is 0 Å². The van der Waals surface area contributed by atoms with Crippen LogP contribution in [0.1, 0.15) is 0 Å². The fourth-order valence-corrected chi connectivity index (χ4v) is 3.24. The van der Waals surface area contributed by atoms with E-state index in [-0.39, 0.29) is 0 Å². The van der Waals surface area contributed by atoms with Crippen molar-refractivity contribution in [3.05, 3.63) is 70.4 Å². The Labute approximate surface area is 147 Å². The maximum Gasteiger partial charge on any atom is 0.345 e. The van der Waals surface area contributed by atoms with Crippen molar-refractivity contribution in [2.24, 2.45) is 0 Å². The largest absolute Gasteiger partial charge is 0.497 e. The van der Waals surface area contributed by atoms with Crippen LogP contribution >= 0.6 is 11.3 Å². The molecule has 2 heterocycles. The summed E-state index contributed by atoms with van der Waals surface area (Å²) >= 11 is 1.43. The molecule has 2 aromatic carbocycles. The van der Waals surface area contributed by atoms with Crippen LogP contribution in [0.3, 0.4) is 0 Å². The first kappa shape index (κ1) is 15.4. The minimum atomic E-state index is -0.408. The second kappa shape index (κ2) is 6.41. The summed E-state index contributed by atoms with van der Waals surface area (Å²) in [6, 6.07) is 16.9. The lowest BCUT2D eigenvalue weighted by Crippen LogP contribution is -2.03. The van der Waals surface area contributed by atoms with Gasteiger partial charge in [0.25, 0.3) is 0 Å². The molecule has 0 bridgehead atoms. The smallest absolute Gasteiger partial charge is 0.345 e. The highest BCUT2D eigenvalue weighted by atomic mass is 32.1. The minimum absolute atomic E-state index is 0.408. The maximum atomic E-state index is 12.3. The molecule has 0 aliphatic rings. The quantitative estimate of drug-likeness (QED) is 0.542. The summed E-state index contributed by atoms with van der Waals surface area (Å²) in [6.45, 7) is 0. The highest BCUT2D eigenvalue weighted by Gasteiger charge is 2.12. The number of para-hydroxylation sites is 1. The van der Waals surface area contributed by atoms with E-state index in [9.17, 15) is 4.79 Å². The molecule has 0 spiro atoms. The van der Waals surface area contributed by atoms with E-state index in [4.69, 9.17) is 9.15 Å². The molecule has 0 unspecified atom stereocenters. The molecular formula is C19H14N2O3S. The second-order valence-electron chi connectivity index (χ2n) is 5.38. The van der Waals surface area contributed by atoms with Crippen LogP contribution in [0, 0.1) is 0 Å². The summed E-state index contributed by atoms with van der Waals surface area (Å²) in [5.74, 6) is 0.706. The number of aromatic nitrogens is 1. The molecule has 0 saturated carbocycles. The number of hydrogen-bond donors (Lipinski definition) is 1. The highest BCUT2D eigenvalue weighted by molar-refractivity contribution is 7.14. The van der Waals surface area contributed by atoms with Crippen LogP contribution in [0.5, 0.6) is 5.75 Å². The van der Waals surface area contributed by atoms with Gasteiger partial charge in [0.05, 0.1) is 18.4 Å². The van der Waals surface area contributed by atoms with Crippen molar-refractivity contribution in [2.75, 3.05) is 12.4 Å². The van der Waals surface area contributed by atoms with Gasteiger partial charge in [0, 0.05) is 16.5 Å². The zero-order chi connectivity index (χ0) is 17.2. The number of anilines is 2. The molecule has 124 valence electrons. The number of hydrogen-bond acceptors (Lipinski definition) is 6. The van der Waals surface area contributed by atoms with Crippen molar-refractivity contribution >= 4 is 33.1 Å². The van der Waals surface area contributed by atoms with Crippen LogP contribution in [0.4, 0.5) is 10.8 Å². The zero-order valence-corrected chi connectivity index (χ0v) is 14.2. The van der Waals surface area contributed by atoms with Crippen LogP contribution in [0.15, 0.2) is 69.2 Å². The molecule has 0 atom stereocenters. The number of nitrogens with one attached hydrogen (secondary N) is 1. The Balaban J connectivity index is 1.72. The predicted molar refractivity (Wildman–Crippen MR) is 99.9 cm³/mol. The summed E-state index contributed by atoms with van der Waals surface area (Å²) < 4.78 is 10.6. The van der Waals surface area contributed by atoms with E-state index in [2.05, 4.69) is 10.3 Å². The summed E-state index contributed by atoms with van der Waals surface area (Å²) in [5, 5.41) is 6.57. The van der Waals surface area contributed by atoms with Gasteiger partial charge >= 0.3 is 5.63 Å². The number of rotatable bonds is 4. The lowest BCUT2D eigenvalue weighted by atomic mass is 10.1. The third kappa shape index (κ3) is 3.12. The van der Waals surface area contributed by atoms with Gasteiger partial charge in [-0.25, -0.2) is 9.78 Å². The standard InChI is InChI=1S/C19H14N2O3S/c1-23-14-7-8-17-12(9-14)10-15(18(22)24-17)16-11-25-19(21-16)20-13-5-3-2-4-6-13/h2-11H,1H3,(H,20,21). The second-order valence-corrected chi connectivity index (χ2v) is 6.24. The van der Waals surface area contributed by atoms with Gasteiger partial charge in [0.2, 0.25) is 0 Å². The van der Waals surface area contributed by atoms with Crippen molar-refractivity contribution in [1.29, 1.82) is 0 Å². The van der Waals surface area contributed by atoms with Crippen molar-refractivity contribution < 1.29 is 9.15 Å². The summed E-state index contributed by atoms with van der Waals surface area (Å²) in [4.78, 5) is 16.8.